The van der Waals surface area contributed by atoms with Crippen molar-refractivity contribution in [1.29, 1.82) is 0 Å². The van der Waals surface area contributed by atoms with Crippen LogP contribution in [0.5, 0.6) is 0 Å². The van der Waals surface area contributed by atoms with Gasteiger partial charge in [0.25, 0.3) is 0 Å². The van der Waals surface area contributed by atoms with E-state index in [0.717, 1.165) is 22.9 Å². The maximum absolute atomic E-state index is 12.4. The molecule has 1 atom stereocenters. The fourth-order valence-corrected chi connectivity index (χ4v) is 2.52. The smallest absolute Gasteiger partial charge is 0.312 e. The van der Waals surface area contributed by atoms with E-state index in [-0.39, 0.29) is 11.9 Å². The topological polar surface area (TPSA) is 75.4 Å². The monoisotopic (exact) mass is 339 g/mol. The molecule has 1 aromatic carbocycles. The van der Waals surface area contributed by atoms with Gasteiger partial charge in [-0.25, -0.2) is 4.79 Å². The number of carbonyl (C=O) groups excluding carboxylic acids is 2. The van der Waals surface area contributed by atoms with Crippen molar-refractivity contribution in [3.63, 3.8) is 0 Å². The number of hydrogen-bond acceptors (Lipinski definition) is 2. The van der Waals surface area contributed by atoms with Gasteiger partial charge >= 0.3 is 6.03 Å². The van der Waals surface area contributed by atoms with Crippen LogP contribution in [-0.4, -0.2) is 28.9 Å². The highest BCUT2D eigenvalue weighted by atomic mass is 79.9. The zero-order valence-corrected chi connectivity index (χ0v) is 12.9. The predicted molar refractivity (Wildman–Crippen MR) is 79.9 cm³/mol. The number of primary amides is 1. The molecular formula is C14H18BrN3O2. The van der Waals surface area contributed by atoms with E-state index < -0.39 is 12.1 Å². The summed E-state index contributed by atoms with van der Waals surface area (Å²) in [5.41, 5.74) is 6.13. The molecule has 1 aliphatic rings. The van der Waals surface area contributed by atoms with Crippen LogP contribution in [0.3, 0.4) is 0 Å². The summed E-state index contributed by atoms with van der Waals surface area (Å²) in [6, 6.07) is 6.81. The van der Waals surface area contributed by atoms with E-state index in [4.69, 9.17) is 5.73 Å². The number of nitrogens with zero attached hydrogens (tertiary/aromatic N) is 1. The van der Waals surface area contributed by atoms with Gasteiger partial charge in [-0.1, -0.05) is 34.1 Å². The van der Waals surface area contributed by atoms with Crippen molar-refractivity contribution in [3.8, 4) is 0 Å². The van der Waals surface area contributed by atoms with Crippen LogP contribution >= 0.6 is 15.9 Å². The van der Waals surface area contributed by atoms with Crippen LogP contribution in [0.1, 0.15) is 25.3 Å². The van der Waals surface area contributed by atoms with Gasteiger partial charge in [-0.2, -0.15) is 0 Å². The van der Waals surface area contributed by atoms with Gasteiger partial charge < -0.3 is 16.0 Å². The second kappa shape index (κ2) is 6.26. The number of urea groups is 1. The van der Waals surface area contributed by atoms with Gasteiger partial charge in [0.1, 0.15) is 6.04 Å². The van der Waals surface area contributed by atoms with Crippen molar-refractivity contribution in [1.82, 2.24) is 10.2 Å². The van der Waals surface area contributed by atoms with Crippen molar-refractivity contribution in [2.75, 3.05) is 0 Å². The summed E-state index contributed by atoms with van der Waals surface area (Å²) in [5.74, 6) is -0.0953. The minimum absolute atomic E-state index is 0.0953. The Hall–Kier alpha value is -1.56. The molecule has 0 aliphatic heterocycles. The average molecular weight is 340 g/mol. The lowest BCUT2D eigenvalue weighted by Gasteiger charge is -2.26. The molecule has 0 aromatic heterocycles. The van der Waals surface area contributed by atoms with E-state index >= 15 is 0 Å². The SMILES string of the molecule is C[C@@H](NC(N)=O)C(=O)N(Cc1ccccc1Br)C1CC1. The third kappa shape index (κ3) is 3.72. The molecule has 20 heavy (non-hydrogen) atoms. The third-order valence-electron chi connectivity index (χ3n) is 3.30. The minimum atomic E-state index is -0.678. The molecule has 6 heteroatoms. The maximum Gasteiger partial charge on any atom is 0.312 e. The van der Waals surface area contributed by atoms with Gasteiger partial charge in [0.2, 0.25) is 5.91 Å². The van der Waals surface area contributed by atoms with E-state index in [1.54, 1.807) is 6.92 Å². The first-order valence-corrected chi connectivity index (χ1v) is 7.38. The van der Waals surface area contributed by atoms with Gasteiger partial charge in [0.15, 0.2) is 0 Å². The highest BCUT2D eigenvalue weighted by Gasteiger charge is 2.35. The number of carbonyl (C=O) groups is 2. The number of halogens is 1. The van der Waals surface area contributed by atoms with Gasteiger partial charge in [0, 0.05) is 17.1 Å². The number of benzene rings is 1. The van der Waals surface area contributed by atoms with Crippen LogP contribution in [0.4, 0.5) is 4.79 Å². The normalized spacial score (nSPS) is 15.5. The number of amides is 3. The number of rotatable bonds is 5. The Balaban J connectivity index is 2.09. The second-order valence-corrected chi connectivity index (χ2v) is 5.87. The van der Waals surface area contributed by atoms with E-state index in [9.17, 15) is 9.59 Å². The highest BCUT2D eigenvalue weighted by molar-refractivity contribution is 9.10. The number of hydrogen-bond donors (Lipinski definition) is 2. The summed E-state index contributed by atoms with van der Waals surface area (Å²) < 4.78 is 0.981. The van der Waals surface area contributed by atoms with Crippen molar-refractivity contribution in [3.05, 3.63) is 34.3 Å². The van der Waals surface area contributed by atoms with Crippen molar-refractivity contribution >= 4 is 27.9 Å². The van der Waals surface area contributed by atoms with Crippen molar-refractivity contribution in [2.24, 2.45) is 5.73 Å². The molecule has 0 radical (unpaired) electrons. The van der Waals surface area contributed by atoms with Crippen LogP contribution in [-0.2, 0) is 11.3 Å². The Morgan fingerprint density at radius 2 is 2.10 bits per heavy atom. The zero-order chi connectivity index (χ0) is 14.7. The van der Waals surface area contributed by atoms with E-state index in [1.807, 2.05) is 29.2 Å². The lowest BCUT2D eigenvalue weighted by atomic mass is 10.2. The number of nitrogens with one attached hydrogen (secondary N) is 1. The highest BCUT2D eigenvalue weighted by Crippen LogP contribution is 2.30. The Kier molecular flexibility index (Phi) is 4.65. The van der Waals surface area contributed by atoms with Crippen LogP contribution in [0.2, 0.25) is 0 Å². The van der Waals surface area contributed by atoms with Gasteiger partial charge in [0.05, 0.1) is 0 Å². The molecule has 0 unspecified atom stereocenters. The second-order valence-electron chi connectivity index (χ2n) is 5.02. The molecule has 0 heterocycles. The predicted octanol–water partition coefficient (Wildman–Crippen LogP) is 2.00. The molecule has 3 N–H and O–H groups in total. The quantitative estimate of drug-likeness (QED) is 0.860. The van der Waals surface area contributed by atoms with Crippen LogP contribution in [0.15, 0.2) is 28.7 Å². The van der Waals surface area contributed by atoms with Gasteiger partial charge in [-0.05, 0) is 31.4 Å². The lowest BCUT2D eigenvalue weighted by Crippen LogP contribution is -2.49. The summed E-state index contributed by atoms with van der Waals surface area (Å²) >= 11 is 3.49. The van der Waals surface area contributed by atoms with Gasteiger partial charge in [-0.15, -0.1) is 0 Å². The first kappa shape index (κ1) is 14.8. The average Bonchev–Trinajstić information content (AvgIpc) is 3.20. The van der Waals surface area contributed by atoms with Crippen LogP contribution in [0.25, 0.3) is 0 Å². The van der Waals surface area contributed by atoms with Crippen molar-refractivity contribution in [2.45, 2.75) is 38.4 Å². The summed E-state index contributed by atoms with van der Waals surface area (Å²) in [6.45, 7) is 2.19. The standard InChI is InChI=1S/C14H18BrN3O2/c1-9(17-14(16)20)13(19)18(11-6-7-11)8-10-4-2-3-5-12(10)15/h2-5,9,11H,6-8H2,1H3,(H3,16,17,20)/t9-/m1/s1. The fourth-order valence-electron chi connectivity index (χ4n) is 2.11. The largest absolute Gasteiger partial charge is 0.352 e. The summed E-state index contributed by atoms with van der Waals surface area (Å²) in [7, 11) is 0. The molecule has 0 saturated heterocycles. The molecular weight excluding hydrogens is 322 g/mol. The first-order valence-electron chi connectivity index (χ1n) is 6.59. The minimum Gasteiger partial charge on any atom is -0.352 e. The summed E-state index contributed by atoms with van der Waals surface area (Å²) in [4.78, 5) is 25.1. The molecule has 2 rings (SSSR count). The molecule has 1 fully saturated rings. The Morgan fingerprint density at radius 1 is 1.45 bits per heavy atom. The Labute approximate surface area is 126 Å². The van der Waals surface area contributed by atoms with E-state index in [2.05, 4.69) is 21.2 Å². The van der Waals surface area contributed by atoms with Crippen LogP contribution < -0.4 is 11.1 Å². The first-order chi connectivity index (χ1) is 9.49. The molecule has 3 amide bonds. The number of nitrogens with two attached hydrogens (primary N) is 1. The maximum atomic E-state index is 12.4. The summed E-state index contributed by atoms with van der Waals surface area (Å²) in [5, 5.41) is 2.44. The molecule has 1 saturated carbocycles. The van der Waals surface area contributed by atoms with E-state index in [0.29, 0.717) is 6.54 Å². The third-order valence-corrected chi connectivity index (χ3v) is 4.07. The molecule has 1 aliphatic carbocycles. The van der Waals surface area contributed by atoms with Gasteiger partial charge in [-0.3, -0.25) is 4.79 Å². The molecule has 1 aromatic rings. The molecule has 108 valence electrons. The Bertz CT molecular complexity index is 517. The van der Waals surface area contributed by atoms with Crippen molar-refractivity contribution < 1.29 is 9.59 Å². The van der Waals surface area contributed by atoms with E-state index in [1.165, 1.54) is 0 Å². The Morgan fingerprint density at radius 3 is 2.65 bits per heavy atom. The molecule has 0 bridgehead atoms. The lowest BCUT2D eigenvalue weighted by molar-refractivity contribution is -0.134. The molecule has 5 nitrogen and oxygen atoms in total. The zero-order valence-electron chi connectivity index (χ0n) is 11.3. The molecule has 0 spiro atoms. The fraction of sp³-hybridized carbons (Fsp3) is 0.429. The summed E-state index contributed by atoms with van der Waals surface area (Å²) in [6.07, 6.45) is 2.03. The van der Waals surface area contributed by atoms with Crippen LogP contribution in [0, 0.1) is 0 Å².